The number of benzene rings is 1. The number of hydrogen-bond donors (Lipinski definition) is 0. The molecule has 0 fully saturated rings. The molecule has 14 heavy (non-hydrogen) atoms. The molecule has 1 aromatic carbocycles. The first-order valence-electron chi connectivity index (χ1n) is 4.58. The third kappa shape index (κ3) is 2.31. The van der Waals surface area contributed by atoms with Gasteiger partial charge in [0.2, 0.25) is 0 Å². The van der Waals surface area contributed by atoms with Crippen molar-refractivity contribution in [1.29, 1.82) is 0 Å². The predicted molar refractivity (Wildman–Crippen MR) is 51.4 cm³/mol. The van der Waals surface area contributed by atoms with Crippen LogP contribution >= 0.6 is 0 Å². The summed E-state index contributed by atoms with van der Waals surface area (Å²) in [5.41, 5.74) is 1.90. The molecule has 0 heterocycles. The van der Waals surface area contributed by atoms with Gasteiger partial charge < -0.3 is 0 Å². The van der Waals surface area contributed by atoms with E-state index in [1.807, 2.05) is 38.1 Å². The number of rotatable bonds is 3. The van der Waals surface area contributed by atoms with E-state index in [9.17, 15) is 9.32 Å². The highest BCUT2D eigenvalue weighted by molar-refractivity contribution is 5.77. The normalized spacial score (nSPS) is 12.2. The van der Waals surface area contributed by atoms with Gasteiger partial charge in [-0.15, -0.1) is 0 Å². The summed E-state index contributed by atoms with van der Waals surface area (Å²) < 4.78 is 11.7. The number of aryl methyl sites for hydroxylation is 1. The molecule has 0 aromatic heterocycles. The van der Waals surface area contributed by atoms with Crippen molar-refractivity contribution in [3.8, 4) is 0 Å². The Bertz CT molecular complexity index is 306. The van der Waals surface area contributed by atoms with Crippen molar-refractivity contribution in [1.82, 2.24) is 0 Å². The summed E-state index contributed by atoms with van der Waals surface area (Å²) in [6, 6.07) is 7.42. The van der Waals surface area contributed by atoms with Crippen LogP contribution in [0.4, 0.5) is 4.53 Å². The summed E-state index contributed by atoms with van der Waals surface area (Å²) in [6.07, 6.45) is 0.534. The van der Waals surface area contributed by atoms with E-state index in [4.69, 9.17) is 0 Å². The van der Waals surface area contributed by atoms with Crippen LogP contribution in [0.1, 0.15) is 30.4 Å². The van der Waals surface area contributed by atoms with Gasteiger partial charge in [-0.05, 0) is 18.9 Å². The molecule has 0 N–H and O–H groups in total. The first kappa shape index (κ1) is 10.7. The molecule has 76 valence electrons. The topological polar surface area (TPSA) is 26.3 Å². The fourth-order valence-electron chi connectivity index (χ4n) is 1.39. The lowest BCUT2D eigenvalue weighted by molar-refractivity contribution is -0.185. The average molecular weight is 196 g/mol. The van der Waals surface area contributed by atoms with Gasteiger partial charge in [0.25, 0.3) is 0 Å². The molecule has 3 heteroatoms. The minimum absolute atomic E-state index is 0.499. The van der Waals surface area contributed by atoms with Crippen LogP contribution in [-0.4, -0.2) is 5.97 Å². The first-order chi connectivity index (χ1) is 6.69. The minimum atomic E-state index is -0.823. The Hall–Kier alpha value is -1.38. The Morgan fingerprint density at radius 1 is 1.43 bits per heavy atom. The van der Waals surface area contributed by atoms with E-state index in [1.165, 1.54) is 0 Å². The maximum atomic E-state index is 11.7. The second-order valence-electron chi connectivity index (χ2n) is 3.27. The number of hydrogen-bond acceptors (Lipinski definition) is 2. The molecule has 0 amide bonds. The van der Waals surface area contributed by atoms with Crippen molar-refractivity contribution < 1.29 is 14.3 Å². The molecule has 2 nitrogen and oxygen atoms in total. The molecular formula is C11H13FO2. The van der Waals surface area contributed by atoms with Gasteiger partial charge in [-0.3, -0.25) is 4.94 Å². The molecule has 0 radical (unpaired) electrons. The maximum Gasteiger partial charge on any atom is 0.356 e. The van der Waals surface area contributed by atoms with Gasteiger partial charge in [-0.25, -0.2) is 4.79 Å². The lowest BCUT2D eigenvalue weighted by Gasteiger charge is -2.10. The Morgan fingerprint density at radius 3 is 2.43 bits per heavy atom. The van der Waals surface area contributed by atoms with Crippen molar-refractivity contribution in [2.45, 2.75) is 26.2 Å². The van der Waals surface area contributed by atoms with Crippen molar-refractivity contribution in [3.63, 3.8) is 0 Å². The van der Waals surface area contributed by atoms with Gasteiger partial charge in [0.1, 0.15) is 0 Å². The van der Waals surface area contributed by atoms with E-state index in [1.54, 1.807) is 0 Å². The zero-order valence-corrected chi connectivity index (χ0v) is 8.29. The highest BCUT2D eigenvalue weighted by Crippen LogP contribution is 2.21. The predicted octanol–water partition coefficient (Wildman–Crippen LogP) is 2.92. The Morgan fingerprint density at radius 2 is 2.00 bits per heavy atom. The van der Waals surface area contributed by atoms with Gasteiger partial charge in [0.15, 0.2) is 0 Å². The minimum Gasteiger partial charge on any atom is -0.254 e. The largest absolute Gasteiger partial charge is 0.356 e. The Kier molecular flexibility index (Phi) is 3.63. The molecule has 1 rings (SSSR count). The van der Waals surface area contributed by atoms with Gasteiger partial charge >= 0.3 is 5.97 Å². The lowest BCUT2D eigenvalue weighted by atomic mass is 9.96. The van der Waals surface area contributed by atoms with E-state index < -0.39 is 11.9 Å². The zero-order chi connectivity index (χ0) is 10.6. The third-order valence-corrected chi connectivity index (χ3v) is 2.25. The summed E-state index contributed by atoms with van der Waals surface area (Å²) in [6.45, 7) is 3.78. The van der Waals surface area contributed by atoms with Crippen LogP contribution in [0, 0.1) is 6.92 Å². The molecule has 1 atom stereocenters. The number of carbonyl (C=O) groups excluding carboxylic acids is 1. The van der Waals surface area contributed by atoms with Crippen LogP contribution in [0.15, 0.2) is 24.3 Å². The van der Waals surface area contributed by atoms with Crippen molar-refractivity contribution in [3.05, 3.63) is 35.4 Å². The summed E-state index contributed by atoms with van der Waals surface area (Å²) in [7, 11) is 0. The van der Waals surface area contributed by atoms with E-state index in [2.05, 4.69) is 4.94 Å². The molecule has 0 saturated carbocycles. The molecule has 0 aliphatic carbocycles. The standard InChI is InChI=1S/C11H13FO2/c1-3-10(11(13)14-12)9-6-4-8(2)5-7-9/h4-7,10H,3H2,1-2H3. The van der Waals surface area contributed by atoms with E-state index in [0.29, 0.717) is 6.42 Å². The van der Waals surface area contributed by atoms with Crippen molar-refractivity contribution >= 4 is 5.97 Å². The zero-order valence-electron chi connectivity index (χ0n) is 8.29. The molecule has 0 spiro atoms. The SMILES string of the molecule is CCC(C(=O)OF)c1ccc(C)cc1. The molecule has 0 aliphatic rings. The molecular weight excluding hydrogens is 183 g/mol. The van der Waals surface area contributed by atoms with Crippen LogP contribution in [0.3, 0.4) is 0 Å². The van der Waals surface area contributed by atoms with Gasteiger partial charge in [0.05, 0.1) is 5.92 Å². The molecule has 0 aliphatic heterocycles. The summed E-state index contributed by atoms with van der Waals surface area (Å²) in [5.74, 6) is -1.32. The fraction of sp³-hybridized carbons (Fsp3) is 0.364. The molecule has 0 saturated heterocycles. The summed E-state index contributed by atoms with van der Waals surface area (Å²) in [4.78, 5) is 14.3. The number of carbonyl (C=O) groups is 1. The average Bonchev–Trinajstić information content (AvgIpc) is 2.21. The second-order valence-corrected chi connectivity index (χ2v) is 3.27. The summed E-state index contributed by atoms with van der Waals surface area (Å²) >= 11 is 0. The Balaban J connectivity index is 2.89. The highest BCUT2D eigenvalue weighted by atomic mass is 19.3. The van der Waals surface area contributed by atoms with Crippen LogP contribution in [-0.2, 0) is 9.74 Å². The van der Waals surface area contributed by atoms with E-state index in [-0.39, 0.29) is 0 Å². The summed E-state index contributed by atoms with van der Waals surface area (Å²) in [5, 5.41) is 0. The van der Waals surface area contributed by atoms with Crippen molar-refractivity contribution in [2.24, 2.45) is 0 Å². The number of halogens is 1. The van der Waals surface area contributed by atoms with Crippen LogP contribution in [0.2, 0.25) is 0 Å². The molecule has 1 unspecified atom stereocenters. The monoisotopic (exact) mass is 196 g/mol. The van der Waals surface area contributed by atoms with Gasteiger partial charge in [0, 0.05) is 4.53 Å². The van der Waals surface area contributed by atoms with Crippen molar-refractivity contribution in [2.75, 3.05) is 0 Å². The smallest absolute Gasteiger partial charge is 0.254 e. The quantitative estimate of drug-likeness (QED) is 0.743. The third-order valence-electron chi connectivity index (χ3n) is 2.25. The Labute approximate surface area is 82.6 Å². The highest BCUT2D eigenvalue weighted by Gasteiger charge is 2.20. The van der Waals surface area contributed by atoms with Gasteiger partial charge in [-0.2, -0.15) is 0 Å². The lowest BCUT2D eigenvalue weighted by Crippen LogP contribution is -2.11. The second kappa shape index (κ2) is 4.74. The molecule has 0 bridgehead atoms. The van der Waals surface area contributed by atoms with Crippen LogP contribution in [0.25, 0.3) is 0 Å². The van der Waals surface area contributed by atoms with E-state index >= 15 is 0 Å². The molecule has 1 aromatic rings. The van der Waals surface area contributed by atoms with E-state index in [0.717, 1.165) is 11.1 Å². The van der Waals surface area contributed by atoms with Crippen LogP contribution < -0.4 is 0 Å². The fourth-order valence-corrected chi connectivity index (χ4v) is 1.39. The van der Waals surface area contributed by atoms with Crippen LogP contribution in [0.5, 0.6) is 0 Å². The van der Waals surface area contributed by atoms with Gasteiger partial charge in [-0.1, -0.05) is 36.8 Å². The maximum absolute atomic E-state index is 11.7. The first-order valence-corrected chi connectivity index (χ1v) is 4.58.